The van der Waals surface area contributed by atoms with Crippen molar-refractivity contribution in [3.63, 3.8) is 0 Å². The minimum absolute atomic E-state index is 0.259. The van der Waals surface area contributed by atoms with Gasteiger partial charge in [-0.1, -0.05) is 0 Å². The lowest BCUT2D eigenvalue weighted by molar-refractivity contribution is -1.92. The molecule has 1 aliphatic rings. The van der Waals surface area contributed by atoms with E-state index >= 15 is 0 Å². The number of benzene rings is 2. The Labute approximate surface area is 169 Å². The van der Waals surface area contributed by atoms with Gasteiger partial charge in [-0.15, -0.1) is 0 Å². The summed E-state index contributed by atoms with van der Waals surface area (Å²) in [5.41, 5.74) is 1.37. The highest BCUT2D eigenvalue weighted by Crippen LogP contribution is 2.43. The van der Waals surface area contributed by atoms with Gasteiger partial charge in [0.15, 0.2) is 23.0 Å². The van der Waals surface area contributed by atoms with E-state index in [0.29, 0.717) is 39.7 Å². The molecule has 0 fully saturated rings. The standard InChI is InChI=1S/C19H19ClO9/c1-24-14-6-5-11(7-16(14)25-2)15-8-12-9-17(26-3)18(27-4)10-13(12)19(28-15)29-20(21,22)23/h5-10,19H,1-4H3. The smallest absolute Gasteiger partial charge is 0.379 e. The molecule has 0 N–H and O–H groups in total. The Morgan fingerprint density at radius 3 is 1.97 bits per heavy atom. The molecule has 10 heteroatoms. The SMILES string of the molecule is COc1ccc(C2=Cc3cc(OC)c(OC)cc3C(O[Cl+3]([O-])([O-])[O-])O2)cc1OC. The monoisotopic (exact) mass is 426 g/mol. The van der Waals surface area contributed by atoms with Gasteiger partial charge in [0.1, 0.15) is 10.0 Å². The van der Waals surface area contributed by atoms with Gasteiger partial charge in [-0.2, -0.15) is 14.0 Å². The maximum Gasteiger partial charge on any atom is 0.379 e. The first-order valence-electron chi connectivity index (χ1n) is 8.25. The molecule has 0 aromatic heterocycles. The fourth-order valence-corrected chi connectivity index (χ4v) is 3.23. The van der Waals surface area contributed by atoms with Crippen LogP contribution in [0.1, 0.15) is 23.0 Å². The zero-order valence-electron chi connectivity index (χ0n) is 16.1. The summed E-state index contributed by atoms with van der Waals surface area (Å²) in [5.74, 6) is 1.95. The lowest BCUT2D eigenvalue weighted by Gasteiger charge is -2.26. The lowest BCUT2D eigenvalue weighted by Crippen LogP contribution is -2.61. The Morgan fingerprint density at radius 1 is 0.793 bits per heavy atom. The van der Waals surface area contributed by atoms with Gasteiger partial charge in [0.2, 0.25) is 0 Å². The second-order valence-electron chi connectivity index (χ2n) is 5.83. The minimum Gasteiger partial charge on any atom is -0.493 e. The van der Waals surface area contributed by atoms with Crippen molar-refractivity contribution in [2.24, 2.45) is 0 Å². The first-order valence-corrected chi connectivity index (χ1v) is 9.49. The molecule has 29 heavy (non-hydrogen) atoms. The molecular weight excluding hydrogens is 408 g/mol. The third-order valence-corrected chi connectivity index (χ3v) is 4.60. The van der Waals surface area contributed by atoms with Gasteiger partial charge in [0.05, 0.1) is 38.7 Å². The number of ether oxygens (including phenoxy) is 5. The van der Waals surface area contributed by atoms with E-state index in [1.807, 2.05) is 0 Å². The van der Waals surface area contributed by atoms with Crippen molar-refractivity contribution in [2.45, 2.75) is 6.29 Å². The molecule has 1 heterocycles. The number of hydrogen-bond acceptors (Lipinski definition) is 9. The second kappa shape index (κ2) is 8.36. The van der Waals surface area contributed by atoms with E-state index in [2.05, 4.69) is 4.29 Å². The number of methoxy groups -OCH3 is 4. The van der Waals surface area contributed by atoms with Crippen LogP contribution in [0.25, 0.3) is 11.8 Å². The number of hydrogen-bond donors (Lipinski definition) is 0. The highest BCUT2D eigenvalue weighted by molar-refractivity contribution is 5.82. The average molecular weight is 427 g/mol. The third-order valence-electron chi connectivity index (χ3n) is 4.22. The van der Waals surface area contributed by atoms with E-state index in [1.54, 1.807) is 30.3 Å². The summed E-state index contributed by atoms with van der Waals surface area (Å²) in [6, 6.07) is 8.13. The van der Waals surface area contributed by atoms with Crippen LogP contribution in [0, 0.1) is 10.2 Å². The van der Waals surface area contributed by atoms with Crippen LogP contribution in [-0.2, 0) is 9.03 Å². The first kappa shape index (κ1) is 21.0. The van der Waals surface area contributed by atoms with Crippen LogP contribution in [-0.4, -0.2) is 28.4 Å². The van der Waals surface area contributed by atoms with Crippen LogP contribution >= 0.6 is 0 Å². The van der Waals surface area contributed by atoms with Gasteiger partial charge in [0, 0.05) is 11.1 Å². The number of halogens is 1. The second-order valence-corrected chi connectivity index (χ2v) is 6.77. The average Bonchev–Trinajstić information content (AvgIpc) is 2.70. The highest BCUT2D eigenvalue weighted by atomic mass is 35.7. The number of rotatable bonds is 7. The molecule has 1 unspecified atom stereocenters. The Morgan fingerprint density at radius 2 is 1.38 bits per heavy atom. The van der Waals surface area contributed by atoms with Crippen LogP contribution in [0.5, 0.6) is 23.0 Å². The Hall–Kier alpha value is -2.69. The minimum atomic E-state index is -4.75. The van der Waals surface area contributed by atoms with Crippen molar-refractivity contribution in [2.75, 3.05) is 28.4 Å². The van der Waals surface area contributed by atoms with Crippen molar-refractivity contribution in [1.82, 2.24) is 0 Å². The molecule has 0 saturated heterocycles. The molecule has 0 bridgehead atoms. The summed E-state index contributed by atoms with van der Waals surface area (Å²) in [7, 11) is 1.14. The zero-order valence-corrected chi connectivity index (χ0v) is 16.8. The Bertz CT molecular complexity index is 921. The lowest BCUT2D eigenvalue weighted by atomic mass is 10.0. The van der Waals surface area contributed by atoms with Gasteiger partial charge in [-0.25, -0.2) is 0 Å². The summed E-state index contributed by atoms with van der Waals surface area (Å²) in [6.07, 6.45) is 0.147. The maximum absolute atomic E-state index is 11.2. The van der Waals surface area contributed by atoms with Gasteiger partial charge < -0.3 is 23.7 Å². The van der Waals surface area contributed by atoms with Crippen LogP contribution in [0.2, 0.25) is 0 Å². The fourth-order valence-electron chi connectivity index (χ4n) is 2.90. The third kappa shape index (κ3) is 4.50. The van der Waals surface area contributed by atoms with E-state index in [9.17, 15) is 14.0 Å². The normalized spacial score (nSPS) is 15.7. The molecular formula is C19H19ClO9. The van der Waals surface area contributed by atoms with Crippen LogP contribution in [0.3, 0.4) is 0 Å². The number of fused-ring (bicyclic) bond motifs is 1. The van der Waals surface area contributed by atoms with E-state index in [4.69, 9.17) is 23.7 Å². The van der Waals surface area contributed by atoms with E-state index < -0.39 is 16.5 Å². The van der Waals surface area contributed by atoms with Gasteiger partial charge in [-0.05, 0) is 42.0 Å². The van der Waals surface area contributed by atoms with Crippen molar-refractivity contribution in [3.8, 4) is 23.0 Å². The summed E-state index contributed by atoms with van der Waals surface area (Å²) in [5, 5.41) is 0. The maximum atomic E-state index is 11.2. The predicted molar refractivity (Wildman–Crippen MR) is 91.9 cm³/mol. The largest absolute Gasteiger partial charge is 0.493 e. The van der Waals surface area contributed by atoms with E-state index in [-0.39, 0.29) is 5.76 Å². The first-order chi connectivity index (χ1) is 13.8. The molecule has 3 rings (SSSR count). The topological polar surface area (TPSA) is 125 Å². The molecule has 2 aromatic carbocycles. The molecule has 1 atom stereocenters. The quantitative estimate of drug-likeness (QED) is 0.608. The van der Waals surface area contributed by atoms with Gasteiger partial charge >= 0.3 is 6.29 Å². The summed E-state index contributed by atoms with van der Waals surface area (Å²) in [4.78, 5) is 0. The zero-order chi connectivity index (χ0) is 21.2. The Balaban J connectivity index is 2.12. The van der Waals surface area contributed by atoms with Crippen LogP contribution in [0.4, 0.5) is 0 Å². The van der Waals surface area contributed by atoms with Crippen molar-refractivity contribution >= 4 is 11.8 Å². The molecule has 0 spiro atoms. The predicted octanol–water partition coefficient (Wildman–Crippen LogP) is 0.162. The van der Waals surface area contributed by atoms with E-state index in [1.165, 1.54) is 34.5 Å². The molecule has 1 aliphatic heterocycles. The molecule has 0 radical (unpaired) electrons. The Kier molecular flexibility index (Phi) is 6.06. The highest BCUT2D eigenvalue weighted by Gasteiger charge is 2.38. The molecule has 9 nitrogen and oxygen atoms in total. The molecule has 2 aromatic rings. The summed E-state index contributed by atoms with van der Waals surface area (Å²) < 4.78 is 65.0. The van der Waals surface area contributed by atoms with Gasteiger partial charge in [-0.3, -0.25) is 0 Å². The molecule has 0 amide bonds. The molecule has 0 saturated carbocycles. The van der Waals surface area contributed by atoms with Gasteiger partial charge in [0.25, 0.3) is 0 Å². The fraction of sp³-hybridized carbons (Fsp3) is 0.263. The van der Waals surface area contributed by atoms with E-state index in [0.717, 1.165) is 0 Å². The molecule has 156 valence electrons. The molecule has 0 aliphatic carbocycles. The van der Waals surface area contributed by atoms with Crippen LogP contribution < -0.4 is 32.9 Å². The summed E-state index contributed by atoms with van der Waals surface area (Å²) in [6.45, 7) is 0. The van der Waals surface area contributed by atoms with Crippen LogP contribution in [0.15, 0.2) is 30.3 Å². The summed E-state index contributed by atoms with van der Waals surface area (Å²) >= 11 is 0. The van der Waals surface area contributed by atoms with Crippen molar-refractivity contribution in [3.05, 3.63) is 47.0 Å². The van der Waals surface area contributed by atoms with Crippen molar-refractivity contribution in [1.29, 1.82) is 0 Å². The van der Waals surface area contributed by atoms with Crippen molar-refractivity contribution < 1.29 is 52.2 Å².